The molecule has 0 rings (SSSR count). The highest BCUT2D eigenvalue weighted by Crippen LogP contribution is 1.81. The average Bonchev–Trinajstić information content (AvgIpc) is 1.87. The molecular formula is C6H12N2O2. The molecule has 58 valence electrons. The number of carbonyl (C=O) groups excluding carboxylic acids is 2. The van der Waals surface area contributed by atoms with Gasteiger partial charge in [-0.3, -0.25) is 9.59 Å². The summed E-state index contributed by atoms with van der Waals surface area (Å²) in [7, 11) is 0. The fourth-order valence-electron chi connectivity index (χ4n) is 0.415. The minimum Gasteiger partial charge on any atom is -0.368 e. The van der Waals surface area contributed by atoms with Gasteiger partial charge in [0.1, 0.15) is 6.04 Å². The van der Waals surface area contributed by atoms with Crippen LogP contribution in [0, 0.1) is 0 Å². The molecule has 0 fully saturated rings. The first-order chi connectivity index (χ1) is 4.57. The molecule has 0 spiro atoms. The Labute approximate surface area is 59.8 Å². The fourth-order valence-corrected chi connectivity index (χ4v) is 0.415. The van der Waals surface area contributed by atoms with Crippen LogP contribution in [0.5, 0.6) is 0 Å². The Kier molecular flexibility index (Phi) is 3.46. The van der Waals surface area contributed by atoms with Crippen LogP contribution < -0.4 is 11.1 Å². The Hall–Kier alpha value is -1.06. The molecule has 0 saturated heterocycles. The summed E-state index contributed by atoms with van der Waals surface area (Å²) in [5.74, 6) is -0.673. The van der Waals surface area contributed by atoms with Gasteiger partial charge in [0.2, 0.25) is 11.8 Å². The highest BCUT2D eigenvalue weighted by atomic mass is 16.2. The summed E-state index contributed by atoms with van der Waals surface area (Å²) < 4.78 is 0. The lowest BCUT2D eigenvalue weighted by Gasteiger charge is -2.07. The van der Waals surface area contributed by atoms with E-state index >= 15 is 0 Å². The van der Waals surface area contributed by atoms with Gasteiger partial charge in [-0.05, 0) is 6.92 Å². The van der Waals surface area contributed by atoms with E-state index in [1.54, 1.807) is 13.8 Å². The molecule has 10 heavy (non-hydrogen) atoms. The SMILES string of the molecule is CCC(=O)N[C@@H](C)C(N)=O. The summed E-state index contributed by atoms with van der Waals surface area (Å²) in [5, 5.41) is 2.42. The van der Waals surface area contributed by atoms with E-state index in [2.05, 4.69) is 5.32 Å². The maximum Gasteiger partial charge on any atom is 0.239 e. The van der Waals surface area contributed by atoms with Crippen LogP contribution >= 0.6 is 0 Å². The predicted molar refractivity (Wildman–Crippen MR) is 37.1 cm³/mol. The largest absolute Gasteiger partial charge is 0.368 e. The Bertz CT molecular complexity index is 145. The maximum absolute atomic E-state index is 10.6. The highest BCUT2D eigenvalue weighted by molar-refractivity contribution is 5.85. The smallest absolute Gasteiger partial charge is 0.239 e. The Balaban J connectivity index is 3.68. The van der Waals surface area contributed by atoms with E-state index in [-0.39, 0.29) is 5.91 Å². The van der Waals surface area contributed by atoms with E-state index in [9.17, 15) is 9.59 Å². The number of hydrogen-bond donors (Lipinski definition) is 2. The van der Waals surface area contributed by atoms with E-state index in [0.29, 0.717) is 6.42 Å². The van der Waals surface area contributed by atoms with Crippen LogP contribution in [0.4, 0.5) is 0 Å². The van der Waals surface area contributed by atoms with Gasteiger partial charge >= 0.3 is 0 Å². The number of rotatable bonds is 3. The van der Waals surface area contributed by atoms with Gasteiger partial charge in [0.05, 0.1) is 0 Å². The molecule has 4 heteroatoms. The van der Waals surface area contributed by atoms with Gasteiger partial charge in [0.15, 0.2) is 0 Å². The van der Waals surface area contributed by atoms with Crippen molar-refractivity contribution in [3.8, 4) is 0 Å². The third kappa shape index (κ3) is 3.06. The molecule has 4 nitrogen and oxygen atoms in total. The topological polar surface area (TPSA) is 72.2 Å². The molecule has 0 aromatic carbocycles. The molecule has 0 radical (unpaired) electrons. The predicted octanol–water partition coefficient (Wildman–Crippen LogP) is -0.614. The average molecular weight is 144 g/mol. The summed E-state index contributed by atoms with van der Waals surface area (Å²) in [5.41, 5.74) is 4.89. The molecule has 0 bridgehead atoms. The van der Waals surface area contributed by atoms with E-state index in [0.717, 1.165) is 0 Å². The standard InChI is InChI=1S/C6H12N2O2/c1-3-5(9)8-4(2)6(7)10/h4H,3H2,1-2H3,(H2,7,10)(H,8,9)/t4-/m0/s1. The molecule has 0 saturated carbocycles. The van der Waals surface area contributed by atoms with Crippen LogP contribution in [0.3, 0.4) is 0 Å². The molecule has 2 amide bonds. The van der Waals surface area contributed by atoms with E-state index in [1.807, 2.05) is 0 Å². The number of nitrogens with one attached hydrogen (secondary N) is 1. The Morgan fingerprint density at radius 2 is 2.10 bits per heavy atom. The molecule has 0 aromatic rings. The first-order valence-electron chi connectivity index (χ1n) is 3.16. The normalized spacial score (nSPS) is 12.2. The van der Waals surface area contributed by atoms with Crippen molar-refractivity contribution in [1.82, 2.24) is 5.32 Å². The summed E-state index contributed by atoms with van der Waals surface area (Å²) in [4.78, 5) is 21.0. The molecule has 0 aromatic heterocycles. The number of primary amides is 1. The second kappa shape index (κ2) is 3.87. The molecule has 0 aliphatic carbocycles. The molecule has 3 N–H and O–H groups in total. The van der Waals surface area contributed by atoms with Gasteiger partial charge in [-0.2, -0.15) is 0 Å². The Morgan fingerprint density at radius 3 is 2.40 bits per heavy atom. The maximum atomic E-state index is 10.6. The van der Waals surface area contributed by atoms with Gasteiger partial charge in [-0.25, -0.2) is 0 Å². The van der Waals surface area contributed by atoms with Crippen LogP contribution in [0.15, 0.2) is 0 Å². The molecule has 0 heterocycles. The first kappa shape index (κ1) is 8.94. The quantitative estimate of drug-likeness (QED) is 0.554. The van der Waals surface area contributed by atoms with Crippen molar-refractivity contribution in [2.24, 2.45) is 5.73 Å². The van der Waals surface area contributed by atoms with Crippen molar-refractivity contribution in [2.75, 3.05) is 0 Å². The summed E-state index contributed by atoms with van der Waals surface area (Å²) >= 11 is 0. The van der Waals surface area contributed by atoms with Crippen LogP contribution in [0.1, 0.15) is 20.3 Å². The van der Waals surface area contributed by atoms with Gasteiger partial charge in [0, 0.05) is 6.42 Å². The second-order valence-electron chi connectivity index (χ2n) is 2.05. The van der Waals surface area contributed by atoms with Gasteiger partial charge in [-0.15, -0.1) is 0 Å². The third-order valence-corrected chi connectivity index (χ3v) is 1.13. The summed E-state index contributed by atoms with van der Waals surface area (Å²) in [6.45, 7) is 3.26. The zero-order valence-corrected chi connectivity index (χ0v) is 6.18. The molecule has 0 unspecified atom stereocenters. The van der Waals surface area contributed by atoms with E-state index in [1.165, 1.54) is 0 Å². The van der Waals surface area contributed by atoms with Gasteiger partial charge < -0.3 is 11.1 Å². The van der Waals surface area contributed by atoms with Crippen LogP contribution in [0.2, 0.25) is 0 Å². The highest BCUT2D eigenvalue weighted by Gasteiger charge is 2.09. The Morgan fingerprint density at radius 1 is 1.60 bits per heavy atom. The van der Waals surface area contributed by atoms with Crippen molar-refractivity contribution in [2.45, 2.75) is 26.3 Å². The molecule has 0 aliphatic heterocycles. The molecular weight excluding hydrogens is 132 g/mol. The van der Waals surface area contributed by atoms with Crippen LogP contribution in [0.25, 0.3) is 0 Å². The zero-order valence-electron chi connectivity index (χ0n) is 6.18. The van der Waals surface area contributed by atoms with Crippen molar-refractivity contribution in [3.63, 3.8) is 0 Å². The van der Waals surface area contributed by atoms with E-state index in [4.69, 9.17) is 5.73 Å². The fraction of sp³-hybridized carbons (Fsp3) is 0.667. The van der Waals surface area contributed by atoms with Crippen LogP contribution in [-0.4, -0.2) is 17.9 Å². The van der Waals surface area contributed by atoms with Crippen LogP contribution in [-0.2, 0) is 9.59 Å². The second-order valence-corrected chi connectivity index (χ2v) is 2.05. The number of carbonyl (C=O) groups is 2. The first-order valence-corrected chi connectivity index (χ1v) is 3.16. The molecule has 0 aliphatic rings. The molecule has 1 atom stereocenters. The van der Waals surface area contributed by atoms with Gasteiger partial charge in [0.25, 0.3) is 0 Å². The minimum atomic E-state index is -0.563. The lowest BCUT2D eigenvalue weighted by molar-refractivity contribution is -0.126. The number of nitrogens with two attached hydrogens (primary N) is 1. The van der Waals surface area contributed by atoms with Crippen molar-refractivity contribution < 1.29 is 9.59 Å². The van der Waals surface area contributed by atoms with E-state index < -0.39 is 11.9 Å². The van der Waals surface area contributed by atoms with Gasteiger partial charge in [-0.1, -0.05) is 6.92 Å². The lowest BCUT2D eigenvalue weighted by atomic mass is 10.3. The lowest BCUT2D eigenvalue weighted by Crippen LogP contribution is -2.41. The summed E-state index contributed by atoms with van der Waals surface area (Å²) in [6, 6.07) is -0.563. The van der Waals surface area contributed by atoms with Crippen molar-refractivity contribution in [3.05, 3.63) is 0 Å². The van der Waals surface area contributed by atoms with Crippen molar-refractivity contribution in [1.29, 1.82) is 0 Å². The van der Waals surface area contributed by atoms with Crippen molar-refractivity contribution >= 4 is 11.8 Å². The zero-order chi connectivity index (χ0) is 8.15. The number of amides is 2. The third-order valence-electron chi connectivity index (χ3n) is 1.13. The minimum absolute atomic E-state index is 0.161. The number of hydrogen-bond acceptors (Lipinski definition) is 2. The monoisotopic (exact) mass is 144 g/mol. The summed E-state index contributed by atoms with van der Waals surface area (Å²) in [6.07, 6.45) is 0.373.